The summed E-state index contributed by atoms with van der Waals surface area (Å²) >= 11 is 6.69. The maximum atomic E-state index is 11.5. The molecular weight excluding hydrogens is 366 g/mol. The fourth-order valence-electron chi connectivity index (χ4n) is 1.27. The van der Waals surface area contributed by atoms with Gasteiger partial charge in [-0.25, -0.2) is 4.79 Å². The van der Waals surface area contributed by atoms with Crippen LogP contribution in [0.5, 0.6) is 0 Å². The van der Waals surface area contributed by atoms with Crippen molar-refractivity contribution in [3.8, 4) is 0 Å². The number of esters is 1. The first-order chi connectivity index (χ1) is 8.42. The van der Waals surface area contributed by atoms with E-state index in [1.54, 1.807) is 6.08 Å². The summed E-state index contributed by atoms with van der Waals surface area (Å²) < 4.78 is 6.31. The number of nitrogens with one attached hydrogen (secondary N) is 1. The number of carbonyl (C=O) groups is 2. The summed E-state index contributed by atoms with van der Waals surface area (Å²) in [7, 11) is 1.26. The molecule has 6 heteroatoms. The molecule has 0 fully saturated rings. The van der Waals surface area contributed by atoms with Crippen LogP contribution in [-0.2, 0) is 14.3 Å². The lowest BCUT2D eigenvalue weighted by molar-refractivity contribution is -0.137. The monoisotopic (exact) mass is 375 g/mol. The first-order valence-corrected chi connectivity index (χ1v) is 6.54. The van der Waals surface area contributed by atoms with Crippen LogP contribution in [0.25, 0.3) is 6.08 Å². The molecule has 1 aromatic carbocycles. The molecule has 0 aromatic heterocycles. The Morgan fingerprint density at radius 1 is 1.22 bits per heavy atom. The maximum Gasteiger partial charge on any atom is 0.354 e. The van der Waals surface area contributed by atoms with E-state index in [-0.39, 0.29) is 11.6 Å². The molecule has 0 bridgehead atoms. The number of hydrogen-bond acceptors (Lipinski definition) is 3. The van der Waals surface area contributed by atoms with Crippen molar-refractivity contribution in [2.45, 2.75) is 6.92 Å². The summed E-state index contributed by atoms with van der Waals surface area (Å²) in [6.45, 7) is 1.33. The molecule has 1 amide bonds. The Morgan fingerprint density at radius 3 is 2.22 bits per heavy atom. The second-order valence-electron chi connectivity index (χ2n) is 3.43. The van der Waals surface area contributed by atoms with E-state index in [0.29, 0.717) is 0 Å². The molecule has 1 N–H and O–H groups in total. The van der Waals surface area contributed by atoms with Crippen LogP contribution >= 0.6 is 31.9 Å². The van der Waals surface area contributed by atoms with Crippen LogP contribution in [0, 0.1) is 0 Å². The summed E-state index contributed by atoms with van der Waals surface area (Å²) in [5, 5.41) is 2.44. The Kier molecular flexibility index (Phi) is 5.55. The summed E-state index contributed by atoms with van der Waals surface area (Å²) in [5.74, 6) is -0.929. The first-order valence-electron chi connectivity index (χ1n) is 4.96. The second kappa shape index (κ2) is 6.70. The molecule has 0 spiro atoms. The molecule has 0 aliphatic carbocycles. The Balaban J connectivity index is 3.13. The van der Waals surface area contributed by atoms with E-state index in [0.717, 1.165) is 14.5 Å². The van der Waals surface area contributed by atoms with Gasteiger partial charge in [-0.15, -0.1) is 0 Å². The predicted molar refractivity (Wildman–Crippen MR) is 75.7 cm³/mol. The third kappa shape index (κ3) is 4.62. The summed E-state index contributed by atoms with van der Waals surface area (Å²) in [6, 6.07) is 5.50. The van der Waals surface area contributed by atoms with Gasteiger partial charge in [-0.1, -0.05) is 31.9 Å². The van der Waals surface area contributed by atoms with Crippen LogP contribution in [0.1, 0.15) is 12.5 Å². The van der Waals surface area contributed by atoms with Gasteiger partial charge in [-0.2, -0.15) is 0 Å². The van der Waals surface area contributed by atoms with Crippen LogP contribution in [0.2, 0.25) is 0 Å². The molecule has 0 radical (unpaired) electrons. The van der Waals surface area contributed by atoms with Crippen molar-refractivity contribution in [1.82, 2.24) is 5.32 Å². The number of rotatable bonds is 3. The summed E-state index contributed by atoms with van der Waals surface area (Å²) in [4.78, 5) is 22.5. The van der Waals surface area contributed by atoms with Gasteiger partial charge >= 0.3 is 5.97 Å². The summed E-state index contributed by atoms with van der Waals surface area (Å²) in [5.41, 5.74) is 0.848. The Labute approximate surface area is 122 Å². The van der Waals surface area contributed by atoms with E-state index in [1.165, 1.54) is 14.0 Å². The zero-order valence-electron chi connectivity index (χ0n) is 9.79. The topological polar surface area (TPSA) is 55.4 Å². The average molecular weight is 377 g/mol. The van der Waals surface area contributed by atoms with Crippen LogP contribution < -0.4 is 5.32 Å². The van der Waals surface area contributed by atoms with Gasteiger partial charge in [0.25, 0.3) is 0 Å². The number of hydrogen-bond donors (Lipinski definition) is 1. The SMILES string of the molecule is COC(=O)/C(=C/c1cc(Br)cc(Br)c1)NC(C)=O. The molecule has 0 aliphatic heterocycles. The molecule has 1 aromatic rings. The van der Waals surface area contributed by atoms with Crippen molar-refractivity contribution < 1.29 is 14.3 Å². The van der Waals surface area contributed by atoms with E-state index in [9.17, 15) is 9.59 Å². The van der Waals surface area contributed by atoms with Crippen molar-refractivity contribution in [3.05, 3.63) is 38.4 Å². The molecule has 4 nitrogen and oxygen atoms in total. The van der Waals surface area contributed by atoms with Crippen molar-refractivity contribution in [2.24, 2.45) is 0 Å². The number of amides is 1. The Hall–Kier alpha value is -1.14. The highest BCUT2D eigenvalue weighted by Crippen LogP contribution is 2.21. The molecule has 0 saturated heterocycles. The second-order valence-corrected chi connectivity index (χ2v) is 5.26. The lowest BCUT2D eigenvalue weighted by Crippen LogP contribution is -2.25. The minimum absolute atomic E-state index is 0.0926. The van der Waals surface area contributed by atoms with Crippen molar-refractivity contribution in [2.75, 3.05) is 7.11 Å². The highest BCUT2D eigenvalue weighted by atomic mass is 79.9. The zero-order chi connectivity index (χ0) is 13.7. The van der Waals surface area contributed by atoms with E-state index >= 15 is 0 Å². The largest absolute Gasteiger partial charge is 0.464 e. The van der Waals surface area contributed by atoms with Crippen molar-refractivity contribution in [3.63, 3.8) is 0 Å². The smallest absolute Gasteiger partial charge is 0.354 e. The third-order valence-electron chi connectivity index (χ3n) is 1.91. The average Bonchev–Trinajstić information content (AvgIpc) is 2.25. The number of methoxy groups -OCH3 is 1. The normalized spacial score (nSPS) is 11.0. The lowest BCUT2D eigenvalue weighted by atomic mass is 10.2. The lowest BCUT2D eigenvalue weighted by Gasteiger charge is -2.06. The number of benzene rings is 1. The van der Waals surface area contributed by atoms with Gasteiger partial charge in [0.1, 0.15) is 5.70 Å². The zero-order valence-corrected chi connectivity index (χ0v) is 13.0. The maximum absolute atomic E-state index is 11.5. The quantitative estimate of drug-likeness (QED) is 0.651. The molecule has 18 heavy (non-hydrogen) atoms. The van der Waals surface area contributed by atoms with Gasteiger partial charge in [-0.3, -0.25) is 4.79 Å². The summed E-state index contributed by atoms with van der Waals surface area (Å²) in [6.07, 6.45) is 1.54. The van der Waals surface area contributed by atoms with Crippen LogP contribution in [0.3, 0.4) is 0 Å². The van der Waals surface area contributed by atoms with E-state index in [4.69, 9.17) is 0 Å². The van der Waals surface area contributed by atoms with Gasteiger partial charge < -0.3 is 10.1 Å². The Morgan fingerprint density at radius 2 is 1.78 bits per heavy atom. The molecule has 0 atom stereocenters. The van der Waals surface area contributed by atoms with E-state index in [1.807, 2.05) is 18.2 Å². The Bertz CT molecular complexity index is 492. The highest BCUT2D eigenvalue weighted by Gasteiger charge is 2.11. The number of halogens is 2. The van der Waals surface area contributed by atoms with Crippen LogP contribution in [-0.4, -0.2) is 19.0 Å². The minimum Gasteiger partial charge on any atom is -0.464 e. The molecule has 0 saturated carbocycles. The standard InChI is InChI=1S/C12H11Br2NO3/c1-7(16)15-11(12(17)18-2)5-8-3-9(13)6-10(14)4-8/h3-6H,1-2H3,(H,15,16)/b11-5-. The molecule has 0 heterocycles. The van der Waals surface area contributed by atoms with Crippen molar-refractivity contribution >= 4 is 49.8 Å². The number of carbonyl (C=O) groups excluding carboxylic acids is 2. The predicted octanol–water partition coefficient (Wildman–Crippen LogP) is 2.86. The van der Waals surface area contributed by atoms with E-state index < -0.39 is 5.97 Å². The fourth-order valence-corrected chi connectivity index (χ4v) is 2.60. The molecule has 1 rings (SSSR count). The van der Waals surface area contributed by atoms with Gasteiger partial charge in [-0.05, 0) is 29.8 Å². The van der Waals surface area contributed by atoms with Gasteiger partial charge in [0.05, 0.1) is 7.11 Å². The molecule has 96 valence electrons. The minimum atomic E-state index is -0.596. The number of ether oxygens (including phenoxy) is 1. The first kappa shape index (κ1) is 14.9. The third-order valence-corrected chi connectivity index (χ3v) is 2.83. The van der Waals surface area contributed by atoms with Gasteiger partial charge in [0.2, 0.25) is 5.91 Å². The fraction of sp³-hybridized carbons (Fsp3) is 0.167. The molecule has 0 unspecified atom stereocenters. The van der Waals surface area contributed by atoms with Crippen LogP contribution in [0.4, 0.5) is 0 Å². The van der Waals surface area contributed by atoms with Crippen molar-refractivity contribution in [1.29, 1.82) is 0 Å². The molecule has 0 aliphatic rings. The van der Waals surface area contributed by atoms with Crippen LogP contribution in [0.15, 0.2) is 32.8 Å². The van der Waals surface area contributed by atoms with Gasteiger partial charge in [0.15, 0.2) is 0 Å². The highest BCUT2D eigenvalue weighted by molar-refractivity contribution is 9.11. The van der Waals surface area contributed by atoms with Gasteiger partial charge in [0, 0.05) is 15.9 Å². The van der Waals surface area contributed by atoms with E-state index in [2.05, 4.69) is 41.9 Å². The molecular formula is C12H11Br2NO3.